The predicted octanol–water partition coefficient (Wildman–Crippen LogP) is 2.14. The highest BCUT2D eigenvalue weighted by molar-refractivity contribution is 5.29. The van der Waals surface area contributed by atoms with Gasteiger partial charge in [-0.3, -0.25) is 0 Å². The van der Waals surface area contributed by atoms with Crippen molar-refractivity contribution in [3.8, 4) is 0 Å². The Morgan fingerprint density at radius 1 is 1.12 bits per heavy atom. The molecule has 2 saturated heterocycles. The Morgan fingerprint density at radius 2 is 1.81 bits per heavy atom. The summed E-state index contributed by atoms with van der Waals surface area (Å²) in [6, 6.07) is 9.89. The summed E-state index contributed by atoms with van der Waals surface area (Å²) in [5.74, 6) is 0.774. The summed E-state index contributed by atoms with van der Waals surface area (Å²) in [7, 11) is 2.19. The molecule has 1 aromatic rings. The van der Waals surface area contributed by atoms with Crippen LogP contribution < -0.4 is 5.32 Å². The molecule has 0 saturated carbocycles. The van der Waals surface area contributed by atoms with Gasteiger partial charge in [0.1, 0.15) is 0 Å². The van der Waals surface area contributed by atoms with Crippen molar-refractivity contribution in [2.24, 2.45) is 0 Å². The van der Waals surface area contributed by atoms with E-state index in [1.807, 2.05) is 0 Å². The topological polar surface area (TPSA) is 15.3 Å². The van der Waals surface area contributed by atoms with Gasteiger partial charge in [0, 0.05) is 25.0 Å². The number of nitrogens with one attached hydrogen (secondary N) is 1. The van der Waals surface area contributed by atoms with Gasteiger partial charge in [-0.15, -0.1) is 0 Å². The monoisotopic (exact) mass is 216 g/mol. The van der Waals surface area contributed by atoms with E-state index in [1.165, 1.54) is 43.6 Å². The first-order chi connectivity index (χ1) is 7.83. The van der Waals surface area contributed by atoms with Crippen molar-refractivity contribution in [3.63, 3.8) is 0 Å². The number of hydrogen-bond acceptors (Lipinski definition) is 2. The first-order valence-corrected chi connectivity index (χ1v) is 6.35. The average molecular weight is 216 g/mol. The van der Waals surface area contributed by atoms with Crippen LogP contribution in [0.1, 0.15) is 35.9 Å². The van der Waals surface area contributed by atoms with Gasteiger partial charge in [-0.1, -0.05) is 24.3 Å². The lowest BCUT2D eigenvalue weighted by molar-refractivity contribution is 0.190. The Hall–Kier alpha value is -0.860. The fourth-order valence-electron chi connectivity index (χ4n) is 2.88. The van der Waals surface area contributed by atoms with Crippen LogP contribution in [0.2, 0.25) is 0 Å². The molecule has 86 valence electrons. The summed E-state index contributed by atoms with van der Waals surface area (Å²) >= 11 is 0. The van der Waals surface area contributed by atoms with Crippen LogP contribution in [0.4, 0.5) is 0 Å². The molecule has 0 bridgehead atoms. The van der Waals surface area contributed by atoms with Gasteiger partial charge in [0.05, 0.1) is 0 Å². The van der Waals surface area contributed by atoms with Crippen molar-refractivity contribution in [1.82, 2.24) is 10.2 Å². The molecule has 1 unspecified atom stereocenters. The lowest BCUT2D eigenvalue weighted by atomic mass is 9.90. The quantitative estimate of drug-likeness (QED) is 0.815. The van der Waals surface area contributed by atoms with Crippen molar-refractivity contribution in [3.05, 3.63) is 35.4 Å². The van der Waals surface area contributed by atoms with E-state index in [0.29, 0.717) is 6.04 Å². The maximum absolute atomic E-state index is 3.55. The maximum Gasteiger partial charge on any atom is 0.0320 e. The maximum atomic E-state index is 3.55. The zero-order valence-electron chi connectivity index (χ0n) is 9.95. The van der Waals surface area contributed by atoms with Gasteiger partial charge in [-0.05, 0) is 37.6 Å². The number of likely N-dealkylation sites (N-methyl/N-ethyl adjacent to an activating group) is 1. The minimum Gasteiger partial charge on any atom is -0.310 e. The van der Waals surface area contributed by atoms with E-state index in [4.69, 9.17) is 0 Å². The van der Waals surface area contributed by atoms with Crippen LogP contribution in [0.15, 0.2) is 24.3 Å². The minimum atomic E-state index is 0.609. The van der Waals surface area contributed by atoms with Crippen LogP contribution in [0.3, 0.4) is 0 Å². The number of likely N-dealkylation sites (tertiary alicyclic amines) is 1. The van der Waals surface area contributed by atoms with E-state index in [-0.39, 0.29) is 0 Å². The molecule has 1 N–H and O–H groups in total. The van der Waals surface area contributed by atoms with Crippen molar-refractivity contribution in [2.75, 3.05) is 26.7 Å². The van der Waals surface area contributed by atoms with Gasteiger partial charge in [-0.2, -0.15) is 0 Å². The second-order valence-electron chi connectivity index (χ2n) is 5.23. The first kappa shape index (κ1) is 10.3. The predicted molar refractivity (Wildman–Crippen MR) is 66.7 cm³/mol. The Kier molecular flexibility index (Phi) is 2.70. The Labute approximate surface area is 97.6 Å². The third-order valence-electron chi connectivity index (χ3n) is 3.93. The number of rotatable bonds is 2. The molecule has 2 nitrogen and oxygen atoms in total. The number of benzene rings is 1. The van der Waals surface area contributed by atoms with Crippen LogP contribution in [0.25, 0.3) is 0 Å². The van der Waals surface area contributed by atoms with E-state index in [1.54, 1.807) is 0 Å². The third kappa shape index (κ3) is 1.87. The highest BCUT2D eigenvalue weighted by atomic mass is 15.2. The highest BCUT2D eigenvalue weighted by Crippen LogP contribution is 2.28. The molecule has 1 atom stereocenters. The standard InChI is InChI=1S/C14H20N2/c1-16-9-13(10-16)11-4-6-12(7-5-11)14-3-2-8-15-14/h4-7,13-15H,2-3,8-10H2,1H3. The highest BCUT2D eigenvalue weighted by Gasteiger charge is 2.24. The van der Waals surface area contributed by atoms with E-state index < -0.39 is 0 Å². The van der Waals surface area contributed by atoms with Gasteiger partial charge >= 0.3 is 0 Å². The molecule has 2 aliphatic heterocycles. The zero-order chi connectivity index (χ0) is 11.0. The Bertz CT molecular complexity index is 346. The van der Waals surface area contributed by atoms with E-state index in [9.17, 15) is 0 Å². The second-order valence-corrected chi connectivity index (χ2v) is 5.23. The molecular formula is C14H20N2. The molecule has 1 aromatic carbocycles. The normalized spacial score (nSPS) is 26.9. The molecule has 0 aromatic heterocycles. The molecule has 2 heteroatoms. The van der Waals surface area contributed by atoms with Crippen LogP contribution in [0.5, 0.6) is 0 Å². The summed E-state index contributed by atoms with van der Waals surface area (Å²) in [6.07, 6.45) is 2.62. The fraction of sp³-hybridized carbons (Fsp3) is 0.571. The van der Waals surface area contributed by atoms with Crippen molar-refractivity contribution in [1.29, 1.82) is 0 Å². The van der Waals surface area contributed by atoms with E-state index in [0.717, 1.165) is 5.92 Å². The molecule has 2 fully saturated rings. The zero-order valence-corrected chi connectivity index (χ0v) is 9.95. The third-order valence-corrected chi connectivity index (χ3v) is 3.93. The van der Waals surface area contributed by atoms with Crippen LogP contribution in [0, 0.1) is 0 Å². The van der Waals surface area contributed by atoms with Crippen molar-refractivity contribution in [2.45, 2.75) is 24.8 Å². The average Bonchev–Trinajstić information content (AvgIpc) is 2.79. The molecule has 16 heavy (non-hydrogen) atoms. The largest absolute Gasteiger partial charge is 0.310 e. The first-order valence-electron chi connectivity index (χ1n) is 6.35. The van der Waals surface area contributed by atoms with Gasteiger partial charge in [0.2, 0.25) is 0 Å². The molecular weight excluding hydrogens is 196 g/mol. The van der Waals surface area contributed by atoms with Gasteiger partial charge < -0.3 is 10.2 Å². The van der Waals surface area contributed by atoms with Gasteiger partial charge in [0.25, 0.3) is 0 Å². The lowest BCUT2D eigenvalue weighted by Crippen LogP contribution is -2.41. The molecule has 0 radical (unpaired) electrons. The molecule has 2 aliphatic rings. The fourth-order valence-corrected chi connectivity index (χ4v) is 2.88. The molecule has 0 aliphatic carbocycles. The van der Waals surface area contributed by atoms with Crippen molar-refractivity contribution < 1.29 is 0 Å². The summed E-state index contributed by atoms with van der Waals surface area (Å²) in [6.45, 7) is 3.63. The van der Waals surface area contributed by atoms with Crippen molar-refractivity contribution >= 4 is 0 Å². The molecule has 3 rings (SSSR count). The van der Waals surface area contributed by atoms with Crippen LogP contribution in [-0.2, 0) is 0 Å². The van der Waals surface area contributed by atoms with E-state index >= 15 is 0 Å². The SMILES string of the molecule is CN1CC(c2ccc(C3CCCN3)cc2)C1. The molecule has 0 spiro atoms. The Morgan fingerprint density at radius 3 is 2.38 bits per heavy atom. The minimum absolute atomic E-state index is 0.609. The summed E-state index contributed by atoms with van der Waals surface area (Å²) in [5, 5.41) is 3.55. The van der Waals surface area contributed by atoms with E-state index in [2.05, 4.69) is 41.5 Å². The smallest absolute Gasteiger partial charge is 0.0320 e. The van der Waals surface area contributed by atoms with Crippen LogP contribution in [-0.4, -0.2) is 31.6 Å². The summed E-state index contributed by atoms with van der Waals surface area (Å²) < 4.78 is 0. The molecule has 2 heterocycles. The summed E-state index contributed by atoms with van der Waals surface area (Å²) in [5.41, 5.74) is 2.98. The van der Waals surface area contributed by atoms with Crippen LogP contribution >= 0.6 is 0 Å². The second kappa shape index (κ2) is 4.19. The van der Waals surface area contributed by atoms with Gasteiger partial charge in [-0.25, -0.2) is 0 Å². The molecule has 0 amide bonds. The van der Waals surface area contributed by atoms with Gasteiger partial charge in [0.15, 0.2) is 0 Å². The summed E-state index contributed by atoms with van der Waals surface area (Å²) in [4.78, 5) is 2.37. The number of nitrogens with zero attached hydrogens (tertiary/aromatic N) is 1. The lowest BCUT2D eigenvalue weighted by Gasteiger charge is -2.36. The Balaban J connectivity index is 1.69. The number of hydrogen-bond donors (Lipinski definition) is 1.